The second kappa shape index (κ2) is 7.60. The largest absolute Gasteiger partial charge is 0.455 e. The van der Waals surface area contributed by atoms with Crippen LogP contribution < -0.4 is 5.32 Å². The lowest BCUT2D eigenvalue weighted by molar-refractivity contribution is -0.146. The predicted octanol–water partition coefficient (Wildman–Crippen LogP) is 2.75. The van der Waals surface area contributed by atoms with E-state index in [1.54, 1.807) is 42.5 Å². The van der Waals surface area contributed by atoms with E-state index in [-0.39, 0.29) is 12.2 Å². The molecule has 0 bridgehead atoms. The number of hydrogen-bond donors (Lipinski definition) is 1. The van der Waals surface area contributed by atoms with Gasteiger partial charge in [0, 0.05) is 10.9 Å². The van der Waals surface area contributed by atoms with Gasteiger partial charge in [-0.15, -0.1) is 0 Å². The van der Waals surface area contributed by atoms with Gasteiger partial charge in [-0.05, 0) is 31.2 Å². The molecule has 26 heavy (non-hydrogen) atoms. The molecule has 0 atom stereocenters. The lowest BCUT2D eigenvalue weighted by Crippen LogP contribution is -2.22. The summed E-state index contributed by atoms with van der Waals surface area (Å²) in [5, 5.41) is 7.14. The number of amides is 1. The molecule has 1 aromatic heterocycles. The van der Waals surface area contributed by atoms with Crippen LogP contribution in [0.5, 0.6) is 0 Å². The molecule has 1 N–H and O–H groups in total. The zero-order valence-corrected chi connectivity index (χ0v) is 14.0. The average Bonchev–Trinajstić information content (AvgIpc) is 3.03. The van der Waals surface area contributed by atoms with Crippen molar-refractivity contribution in [2.24, 2.45) is 0 Å². The molecule has 1 amide bonds. The molecule has 2 aromatic carbocycles. The summed E-state index contributed by atoms with van der Waals surface area (Å²) < 4.78 is 10.1. The minimum atomic E-state index is -0.598. The second-order valence-corrected chi connectivity index (χ2v) is 5.61. The number of para-hydroxylation sites is 2. The highest BCUT2D eigenvalue weighted by Crippen LogP contribution is 2.18. The van der Waals surface area contributed by atoms with E-state index < -0.39 is 18.5 Å². The van der Waals surface area contributed by atoms with E-state index in [4.69, 9.17) is 9.26 Å². The summed E-state index contributed by atoms with van der Waals surface area (Å²) in [6.45, 7) is 0.952. The maximum atomic E-state index is 12.0. The summed E-state index contributed by atoms with van der Waals surface area (Å²) in [6.07, 6.45) is -0.103. The zero-order chi connectivity index (χ0) is 18.5. The molecule has 0 saturated heterocycles. The number of carbonyl (C=O) groups is 3. The van der Waals surface area contributed by atoms with Crippen LogP contribution in [0.2, 0.25) is 0 Å². The lowest BCUT2D eigenvalue weighted by Gasteiger charge is -2.09. The van der Waals surface area contributed by atoms with Gasteiger partial charge < -0.3 is 14.6 Å². The second-order valence-electron chi connectivity index (χ2n) is 5.61. The summed E-state index contributed by atoms with van der Waals surface area (Å²) in [4.78, 5) is 35.5. The standard InChI is InChI=1S/C19H16N2O5/c1-12(22)13-6-2-4-8-15(13)20-18(23)11-25-19(24)10-16-14-7-3-5-9-17(14)26-21-16/h2-9H,10-11H2,1H3,(H,20,23). The first-order valence-electron chi connectivity index (χ1n) is 7.93. The molecule has 0 unspecified atom stereocenters. The third-order valence-electron chi connectivity index (χ3n) is 3.71. The average molecular weight is 352 g/mol. The van der Waals surface area contributed by atoms with Gasteiger partial charge in [0.1, 0.15) is 5.69 Å². The molecular formula is C19H16N2O5. The molecule has 3 rings (SSSR count). The van der Waals surface area contributed by atoms with Crippen molar-refractivity contribution >= 4 is 34.3 Å². The number of benzene rings is 2. The van der Waals surface area contributed by atoms with Crippen molar-refractivity contribution in [3.05, 3.63) is 59.8 Å². The molecule has 0 saturated carbocycles. The molecule has 0 radical (unpaired) electrons. The summed E-state index contributed by atoms with van der Waals surface area (Å²) in [5.41, 5.74) is 1.80. The smallest absolute Gasteiger partial charge is 0.312 e. The number of Topliss-reactive ketones (excluding diaryl/α,β-unsaturated/α-hetero) is 1. The number of nitrogens with one attached hydrogen (secondary N) is 1. The fraction of sp³-hybridized carbons (Fsp3) is 0.158. The summed E-state index contributed by atoms with van der Waals surface area (Å²) in [5.74, 6) is -1.30. The van der Waals surface area contributed by atoms with Gasteiger partial charge in [-0.1, -0.05) is 29.4 Å². The van der Waals surface area contributed by atoms with Gasteiger partial charge in [0.2, 0.25) is 0 Å². The minimum absolute atomic E-state index is 0.103. The monoisotopic (exact) mass is 352 g/mol. The van der Waals surface area contributed by atoms with Gasteiger partial charge in [-0.3, -0.25) is 14.4 Å². The van der Waals surface area contributed by atoms with Crippen molar-refractivity contribution in [3.8, 4) is 0 Å². The van der Waals surface area contributed by atoms with Gasteiger partial charge in [0.15, 0.2) is 18.0 Å². The number of carbonyl (C=O) groups excluding carboxylic acids is 3. The van der Waals surface area contributed by atoms with Crippen LogP contribution in [-0.2, 0) is 20.7 Å². The van der Waals surface area contributed by atoms with Crippen molar-refractivity contribution in [3.63, 3.8) is 0 Å². The van der Waals surface area contributed by atoms with E-state index >= 15 is 0 Å². The Kier molecular flexibility index (Phi) is 5.07. The van der Waals surface area contributed by atoms with Crippen LogP contribution in [0.4, 0.5) is 5.69 Å². The molecule has 0 aliphatic carbocycles. The lowest BCUT2D eigenvalue weighted by atomic mass is 10.1. The molecule has 132 valence electrons. The molecule has 7 heteroatoms. The van der Waals surface area contributed by atoms with Crippen LogP contribution in [0.25, 0.3) is 11.0 Å². The summed E-state index contributed by atoms with van der Waals surface area (Å²) >= 11 is 0. The summed E-state index contributed by atoms with van der Waals surface area (Å²) in [6, 6.07) is 13.8. The minimum Gasteiger partial charge on any atom is -0.455 e. The number of ketones is 1. The van der Waals surface area contributed by atoms with Gasteiger partial charge in [-0.2, -0.15) is 0 Å². The van der Waals surface area contributed by atoms with Crippen LogP contribution in [-0.4, -0.2) is 29.4 Å². The molecule has 3 aromatic rings. The normalized spacial score (nSPS) is 10.5. The molecule has 0 spiro atoms. The van der Waals surface area contributed by atoms with Gasteiger partial charge in [0.05, 0.1) is 12.1 Å². The van der Waals surface area contributed by atoms with Crippen LogP contribution in [0.1, 0.15) is 23.0 Å². The molecule has 7 nitrogen and oxygen atoms in total. The topological polar surface area (TPSA) is 98.5 Å². The number of aromatic nitrogens is 1. The molecule has 1 heterocycles. The van der Waals surface area contributed by atoms with Gasteiger partial charge in [-0.25, -0.2) is 0 Å². The molecule has 0 aliphatic heterocycles. The molecule has 0 aliphatic rings. The number of anilines is 1. The Morgan fingerprint density at radius 3 is 2.62 bits per heavy atom. The van der Waals surface area contributed by atoms with Gasteiger partial charge >= 0.3 is 5.97 Å². The fourth-order valence-electron chi connectivity index (χ4n) is 2.48. The van der Waals surface area contributed by atoms with Crippen LogP contribution in [0.3, 0.4) is 0 Å². The first kappa shape index (κ1) is 17.3. The first-order valence-corrected chi connectivity index (χ1v) is 7.93. The highest BCUT2D eigenvalue weighted by Gasteiger charge is 2.15. The Morgan fingerprint density at radius 2 is 1.81 bits per heavy atom. The van der Waals surface area contributed by atoms with Crippen molar-refractivity contribution in [2.45, 2.75) is 13.3 Å². The van der Waals surface area contributed by atoms with Crippen molar-refractivity contribution in [1.82, 2.24) is 5.16 Å². The Bertz CT molecular complexity index is 977. The highest BCUT2D eigenvalue weighted by molar-refractivity contribution is 6.04. The number of nitrogens with zero attached hydrogens (tertiary/aromatic N) is 1. The number of fused-ring (bicyclic) bond motifs is 1. The number of esters is 1. The predicted molar refractivity (Wildman–Crippen MR) is 93.7 cm³/mol. The molecular weight excluding hydrogens is 336 g/mol. The quantitative estimate of drug-likeness (QED) is 0.541. The van der Waals surface area contributed by atoms with E-state index in [2.05, 4.69) is 10.5 Å². The number of hydrogen-bond acceptors (Lipinski definition) is 6. The SMILES string of the molecule is CC(=O)c1ccccc1NC(=O)COC(=O)Cc1noc2ccccc12. The van der Waals surface area contributed by atoms with Crippen molar-refractivity contribution < 1.29 is 23.6 Å². The Morgan fingerprint density at radius 1 is 1.08 bits per heavy atom. The van der Waals surface area contributed by atoms with Crippen LogP contribution >= 0.6 is 0 Å². The maximum absolute atomic E-state index is 12.0. The van der Waals surface area contributed by atoms with Gasteiger partial charge in [0.25, 0.3) is 5.91 Å². The Balaban J connectivity index is 1.56. The molecule has 0 fully saturated rings. The first-order chi connectivity index (χ1) is 12.5. The third kappa shape index (κ3) is 3.94. The van der Waals surface area contributed by atoms with Crippen molar-refractivity contribution in [1.29, 1.82) is 0 Å². The Labute approximate surface area is 148 Å². The van der Waals surface area contributed by atoms with E-state index in [9.17, 15) is 14.4 Å². The Hall–Kier alpha value is -3.48. The van der Waals surface area contributed by atoms with E-state index in [0.717, 1.165) is 5.39 Å². The summed E-state index contributed by atoms with van der Waals surface area (Å²) in [7, 11) is 0. The zero-order valence-electron chi connectivity index (χ0n) is 14.0. The van der Waals surface area contributed by atoms with E-state index in [0.29, 0.717) is 22.5 Å². The fourth-order valence-corrected chi connectivity index (χ4v) is 2.48. The third-order valence-corrected chi connectivity index (χ3v) is 3.71. The van der Waals surface area contributed by atoms with Crippen molar-refractivity contribution in [2.75, 3.05) is 11.9 Å². The maximum Gasteiger partial charge on any atom is 0.312 e. The number of ether oxygens (including phenoxy) is 1. The van der Waals surface area contributed by atoms with E-state index in [1.807, 2.05) is 6.07 Å². The van der Waals surface area contributed by atoms with Crippen LogP contribution in [0.15, 0.2) is 53.1 Å². The van der Waals surface area contributed by atoms with Crippen LogP contribution in [0, 0.1) is 0 Å². The number of rotatable bonds is 6. The highest BCUT2D eigenvalue weighted by atomic mass is 16.5. The van der Waals surface area contributed by atoms with E-state index in [1.165, 1.54) is 6.92 Å².